The zero-order chi connectivity index (χ0) is 12.3. The Kier molecular flexibility index (Phi) is 3.95. The van der Waals surface area contributed by atoms with Gasteiger partial charge in [-0.15, -0.1) is 0 Å². The Bertz CT molecular complexity index is 394. The minimum atomic E-state index is -0.0165. The lowest BCUT2D eigenvalue weighted by molar-refractivity contribution is -0.127. The smallest absolute Gasteiger partial charge is 0.241 e. The monoisotopic (exact) mass is 242 g/mol. The third-order valence-corrected chi connectivity index (χ3v) is 2.35. The number of carbonyl (C=O) groups excluding carboxylic acids is 1. The summed E-state index contributed by atoms with van der Waals surface area (Å²) in [5.74, 6) is 0.531. The minimum absolute atomic E-state index is 0.0165. The van der Waals surface area contributed by atoms with E-state index < -0.39 is 0 Å². The summed E-state index contributed by atoms with van der Waals surface area (Å²) >= 11 is 5.98. The number of aromatic nitrogens is 1. The maximum atomic E-state index is 11.5. The molecule has 2 N–H and O–H groups in total. The maximum absolute atomic E-state index is 11.5. The number of nitrogens with two attached hydrogens (primary N) is 1. The Labute approximate surface area is 99.8 Å². The van der Waals surface area contributed by atoms with Crippen molar-refractivity contribution in [3.63, 3.8) is 0 Å². The molecule has 0 saturated carbocycles. The molecule has 6 heteroatoms. The summed E-state index contributed by atoms with van der Waals surface area (Å²) in [6.07, 6.45) is 1.51. The zero-order valence-corrected chi connectivity index (χ0v) is 10.3. The number of hydrogen-bond donors (Lipinski definition) is 1. The Morgan fingerprint density at radius 3 is 2.62 bits per heavy atom. The Balaban J connectivity index is 2.80. The van der Waals surface area contributed by atoms with Gasteiger partial charge in [-0.2, -0.15) is 0 Å². The van der Waals surface area contributed by atoms with Gasteiger partial charge in [-0.1, -0.05) is 11.6 Å². The summed E-state index contributed by atoms with van der Waals surface area (Å²) in [7, 11) is 5.16. The van der Waals surface area contributed by atoms with Crippen LogP contribution in [0.2, 0.25) is 5.02 Å². The van der Waals surface area contributed by atoms with Crippen LogP contribution in [-0.2, 0) is 4.79 Å². The molecule has 1 aromatic heterocycles. The molecule has 0 spiro atoms. The van der Waals surface area contributed by atoms with Crippen molar-refractivity contribution in [2.45, 2.75) is 0 Å². The molecule has 5 nitrogen and oxygen atoms in total. The highest BCUT2D eigenvalue weighted by molar-refractivity contribution is 6.33. The fraction of sp³-hybridized carbons (Fsp3) is 0.400. The van der Waals surface area contributed by atoms with Gasteiger partial charge in [-0.3, -0.25) is 4.79 Å². The fourth-order valence-electron chi connectivity index (χ4n) is 1.15. The SMILES string of the molecule is CN(C)C(=O)CN(C)c1ncc(N)cc1Cl. The number of amides is 1. The predicted octanol–water partition coefficient (Wildman–Crippen LogP) is 0.842. The van der Waals surface area contributed by atoms with Gasteiger partial charge in [0.25, 0.3) is 0 Å². The van der Waals surface area contributed by atoms with Crippen molar-refractivity contribution in [2.24, 2.45) is 0 Å². The first-order valence-electron chi connectivity index (χ1n) is 4.74. The lowest BCUT2D eigenvalue weighted by Gasteiger charge is -2.20. The summed E-state index contributed by atoms with van der Waals surface area (Å²) in [6, 6.07) is 1.61. The quantitative estimate of drug-likeness (QED) is 0.853. The first-order chi connectivity index (χ1) is 7.41. The molecule has 0 aromatic carbocycles. The van der Waals surface area contributed by atoms with Crippen molar-refractivity contribution in [1.29, 1.82) is 0 Å². The molecule has 0 unspecified atom stereocenters. The number of nitrogen functional groups attached to an aromatic ring is 1. The molecule has 0 aliphatic carbocycles. The number of halogens is 1. The van der Waals surface area contributed by atoms with Gasteiger partial charge < -0.3 is 15.5 Å². The van der Waals surface area contributed by atoms with Gasteiger partial charge in [0.05, 0.1) is 23.5 Å². The molecule has 1 amide bonds. The number of nitrogens with zero attached hydrogens (tertiary/aromatic N) is 3. The summed E-state index contributed by atoms with van der Waals surface area (Å²) in [6.45, 7) is 0.226. The molecular weight excluding hydrogens is 228 g/mol. The summed E-state index contributed by atoms with van der Waals surface area (Å²) in [4.78, 5) is 18.8. The zero-order valence-electron chi connectivity index (χ0n) is 9.57. The normalized spacial score (nSPS) is 10.0. The molecule has 0 bridgehead atoms. The highest BCUT2D eigenvalue weighted by Crippen LogP contribution is 2.23. The summed E-state index contributed by atoms with van der Waals surface area (Å²) < 4.78 is 0. The van der Waals surface area contributed by atoms with Crippen LogP contribution in [0, 0.1) is 0 Å². The molecule has 0 aliphatic heterocycles. The number of rotatable bonds is 3. The van der Waals surface area contributed by atoms with Gasteiger partial charge in [-0.05, 0) is 6.07 Å². The van der Waals surface area contributed by atoms with Crippen molar-refractivity contribution in [2.75, 3.05) is 38.3 Å². The average Bonchev–Trinajstić information content (AvgIpc) is 2.16. The van der Waals surface area contributed by atoms with Crippen LogP contribution in [0.4, 0.5) is 11.5 Å². The lowest BCUT2D eigenvalue weighted by Crippen LogP contribution is -2.34. The van der Waals surface area contributed by atoms with Gasteiger partial charge in [-0.25, -0.2) is 4.98 Å². The van der Waals surface area contributed by atoms with Crippen LogP contribution in [0.3, 0.4) is 0 Å². The molecule has 88 valence electrons. The van der Waals surface area contributed by atoms with Gasteiger partial charge in [0.2, 0.25) is 5.91 Å². The van der Waals surface area contributed by atoms with Crippen LogP contribution in [-0.4, -0.2) is 43.5 Å². The van der Waals surface area contributed by atoms with E-state index >= 15 is 0 Å². The van der Waals surface area contributed by atoms with E-state index in [2.05, 4.69) is 4.98 Å². The van der Waals surface area contributed by atoms with Crippen molar-refractivity contribution in [1.82, 2.24) is 9.88 Å². The van der Waals surface area contributed by atoms with E-state index in [1.807, 2.05) is 0 Å². The largest absolute Gasteiger partial charge is 0.397 e. The molecule has 0 saturated heterocycles. The second kappa shape index (κ2) is 5.03. The van der Waals surface area contributed by atoms with E-state index in [0.29, 0.717) is 16.5 Å². The third kappa shape index (κ3) is 3.00. The van der Waals surface area contributed by atoms with E-state index in [1.165, 1.54) is 11.1 Å². The fourth-order valence-corrected chi connectivity index (χ4v) is 1.46. The first-order valence-corrected chi connectivity index (χ1v) is 5.12. The van der Waals surface area contributed by atoms with Crippen LogP contribution < -0.4 is 10.6 Å². The van der Waals surface area contributed by atoms with Crippen LogP contribution in [0.25, 0.3) is 0 Å². The van der Waals surface area contributed by atoms with E-state index in [1.54, 1.807) is 32.1 Å². The molecule has 1 aromatic rings. The van der Waals surface area contributed by atoms with E-state index in [-0.39, 0.29) is 12.5 Å². The maximum Gasteiger partial charge on any atom is 0.241 e. The van der Waals surface area contributed by atoms with Gasteiger partial charge >= 0.3 is 0 Å². The topological polar surface area (TPSA) is 62.5 Å². The van der Waals surface area contributed by atoms with Gasteiger partial charge in [0.1, 0.15) is 5.82 Å². The Morgan fingerprint density at radius 1 is 1.50 bits per heavy atom. The molecule has 1 rings (SSSR count). The van der Waals surface area contributed by atoms with Crippen LogP contribution >= 0.6 is 11.6 Å². The van der Waals surface area contributed by atoms with Crippen LogP contribution in [0.5, 0.6) is 0 Å². The number of pyridine rings is 1. The van der Waals surface area contributed by atoms with E-state index in [0.717, 1.165) is 0 Å². The van der Waals surface area contributed by atoms with Gasteiger partial charge in [0, 0.05) is 21.1 Å². The predicted molar refractivity (Wildman–Crippen MR) is 65.6 cm³/mol. The van der Waals surface area contributed by atoms with Crippen LogP contribution in [0.1, 0.15) is 0 Å². The van der Waals surface area contributed by atoms with Crippen molar-refractivity contribution in [3.05, 3.63) is 17.3 Å². The summed E-state index contributed by atoms with van der Waals surface area (Å²) in [5, 5.41) is 0.439. The molecule has 0 aliphatic rings. The van der Waals surface area contributed by atoms with E-state index in [9.17, 15) is 4.79 Å². The lowest BCUT2D eigenvalue weighted by atomic mass is 10.4. The van der Waals surface area contributed by atoms with Crippen molar-refractivity contribution >= 4 is 29.0 Å². The minimum Gasteiger partial charge on any atom is -0.397 e. The highest BCUT2D eigenvalue weighted by Gasteiger charge is 2.12. The van der Waals surface area contributed by atoms with Crippen molar-refractivity contribution in [3.8, 4) is 0 Å². The average molecular weight is 243 g/mol. The Morgan fingerprint density at radius 2 is 2.12 bits per heavy atom. The highest BCUT2D eigenvalue weighted by atomic mass is 35.5. The van der Waals surface area contributed by atoms with Gasteiger partial charge in [0.15, 0.2) is 0 Å². The second-order valence-electron chi connectivity index (χ2n) is 3.72. The van der Waals surface area contributed by atoms with Crippen LogP contribution in [0.15, 0.2) is 12.3 Å². The van der Waals surface area contributed by atoms with E-state index in [4.69, 9.17) is 17.3 Å². The molecular formula is C10H15ClN4O. The summed E-state index contributed by atoms with van der Waals surface area (Å²) in [5.41, 5.74) is 6.04. The van der Waals surface area contributed by atoms with Crippen molar-refractivity contribution < 1.29 is 4.79 Å². The molecule has 0 fully saturated rings. The first kappa shape index (κ1) is 12.6. The molecule has 0 atom stereocenters. The Hall–Kier alpha value is -1.49. The standard InChI is InChI=1S/C10H15ClN4O/c1-14(2)9(16)6-15(3)10-8(11)4-7(12)5-13-10/h4-5H,6,12H2,1-3H3. The number of hydrogen-bond acceptors (Lipinski definition) is 4. The second-order valence-corrected chi connectivity index (χ2v) is 4.13. The molecule has 16 heavy (non-hydrogen) atoms. The molecule has 0 radical (unpaired) electrons. The molecule has 1 heterocycles. The number of anilines is 2. The third-order valence-electron chi connectivity index (χ3n) is 2.08. The number of carbonyl (C=O) groups is 1. The number of likely N-dealkylation sites (N-methyl/N-ethyl adjacent to an activating group) is 2.